The Morgan fingerprint density at radius 2 is 2.16 bits per heavy atom. The van der Waals surface area contributed by atoms with Crippen molar-refractivity contribution in [2.45, 2.75) is 19.4 Å². The zero-order chi connectivity index (χ0) is 18.1. The van der Waals surface area contributed by atoms with E-state index in [0.29, 0.717) is 18.0 Å². The number of esters is 1. The smallest absolute Gasteiger partial charge is 0.307 e. The molecule has 0 fully saturated rings. The van der Waals surface area contributed by atoms with Crippen LogP contribution in [0.3, 0.4) is 0 Å². The zero-order valence-corrected chi connectivity index (χ0v) is 14.3. The van der Waals surface area contributed by atoms with Gasteiger partial charge < -0.3 is 9.47 Å². The molecular formula is C19H20N2O4. The fourth-order valence-corrected chi connectivity index (χ4v) is 2.22. The summed E-state index contributed by atoms with van der Waals surface area (Å²) in [7, 11) is 1.54. The second kappa shape index (κ2) is 9.40. The monoisotopic (exact) mass is 340 g/mol. The number of ether oxygens (including phenoxy) is 2. The summed E-state index contributed by atoms with van der Waals surface area (Å²) in [6, 6.07) is 5.26. The van der Waals surface area contributed by atoms with Crippen molar-refractivity contribution in [1.29, 1.82) is 0 Å². The number of methoxy groups -OCH3 is 1. The minimum absolute atomic E-state index is 0.0546. The largest absolute Gasteiger partial charge is 0.460 e. The van der Waals surface area contributed by atoms with E-state index in [4.69, 9.17) is 9.47 Å². The van der Waals surface area contributed by atoms with Crippen LogP contribution >= 0.6 is 0 Å². The molecule has 1 aromatic heterocycles. The molecule has 25 heavy (non-hydrogen) atoms. The summed E-state index contributed by atoms with van der Waals surface area (Å²) >= 11 is 0. The number of carbonyl (C=O) groups excluding carboxylic acids is 2. The van der Waals surface area contributed by atoms with Crippen LogP contribution in [-0.2, 0) is 19.1 Å². The average molecular weight is 340 g/mol. The molecule has 6 heteroatoms. The van der Waals surface area contributed by atoms with E-state index >= 15 is 0 Å². The third-order valence-corrected chi connectivity index (χ3v) is 3.35. The van der Waals surface area contributed by atoms with Gasteiger partial charge >= 0.3 is 5.97 Å². The van der Waals surface area contributed by atoms with Gasteiger partial charge in [-0.15, -0.1) is 0 Å². The third-order valence-electron chi connectivity index (χ3n) is 3.35. The van der Waals surface area contributed by atoms with Crippen molar-refractivity contribution in [3.63, 3.8) is 0 Å². The fraction of sp³-hybridized carbons (Fsp3) is 0.316. The first-order valence-electron chi connectivity index (χ1n) is 7.91. The lowest BCUT2D eigenvalue weighted by atomic mass is 10.1. The van der Waals surface area contributed by atoms with Crippen LogP contribution in [0.25, 0.3) is 0 Å². The molecule has 0 saturated heterocycles. The standard InChI is InChI=1S/C19H20N2O4/c1-15(14-24-2)25-18(22)11-13-21(17-10-6-7-12-20-17)19(23)16-8-4-3-5-9-16/h4,6-10,12,15H,11,13-14H2,1-2H3/t15-/m1/s1. The maximum absolute atomic E-state index is 12.8. The van der Waals surface area contributed by atoms with E-state index in [1.165, 1.54) is 4.90 Å². The van der Waals surface area contributed by atoms with Gasteiger partial charge in [0, 0.05) is 31.5 Å². The Kier molecular flexibility index (Phi) is 6.93. The molecule has 1 aromatic rings. The maximum atomic E-state index is 12.8. The van der Waals surface area contributed by atoms with Gasteiger partial charge in [-0.2, -0.15) is 0 Å². The van der Waals surface area contributed by atoms with Crippen molar-refractivity contribution in [3.05, 3.63) is 59.7 Å². The van der Waals surface area contributed by atoms with Gasteiger partial charge in [0.05, 0.1) is 13.0 Å². The molecule has 0 N–H and O–H groups in total. The van der Waals surface area contributed by atoms with Gasteiger partial charge in [-0.25, -0.2) is 4.98 Å². The molecule has 0 saturated carbocycles. The van der Waals surface area contributed by atoms with E-state index in [1.807, 2.05) is 0 Å². The Bertz CT molecular complexity index is 742. The number of amides is 1. The zero-order valence-electron chi connectivity index (χ0n) is 14.3. The molecule has 0 unspecified atom stereocenters. The Balaban J connectivity index is 2.07. The summed E-state index contributed by atoms with van der Waals surface area (Å²) in [5, 5.41) is 0. The number of hydrogen-bond acceptors (Lipinski definition) is 5. The van der Waals surface area contributed by atoms with Gasteiger partial charge in [0.15, 0.2) is 0 Å². The van der Waals surface area contributed by atoms with Crippen molar-refractivity contribution in [3.8, 4) is 0 Å². The Labute approximate surface area is 146 Å². The number of pyridine rings is 1. The lowest BCUT2D eigenvalue weighted by Crippen LogP contribution is -2.35. The number of allylic oxidation sites excluding steroid dienone is 2. The summed E-state index contributed by atoms with van der Waals surface area (Å²) in [5.74, 6) is -0.189. The first-order valence-corrected chi connectivity index (χ1v) is 7.91. The molecular weight excluding hydrogens is 320 g/mol. The highest BCUT2D eigenvalue weighted by atomic mass is 16.6. The summed E-state index contributed by atoms with van der Waals surface area (Å²) in [4.78, 5) is 30.4. The molecule has 0 aliphatic heterocycles. The van der Waals surface area contributed by atoms with E-state index in [1.54, 1.807) is 56.7 Å². The van der Waals surface area contributed by atoms with Crippen molar-refractivity contribution >= 4 is 17.7 Å². The van der Waals surface area contributed by atoms with E-state index in [2.05, 4.69) is 16.4 Å². The van der Waals surface area contributed by atoms with Crippen LogP contribution in [0.2, 0.25) is 0 Å². The normalized spacial score (nSPS) is 13.3. The predicted molar refractivity (Wildman–Crippen MR) is 92.9 cm³/mol. The highest BCUT2D eigenvalue weighted by molar-refractivity contribution is 6.07. The van der Waals surface area contributed by atoms with Crippen LogP contribution in [0.15, 0.2) is 59.7 Å². The number of rotatable bonds is 8. The molecule has 2 rings (SSSR count). The molecule has 1 heterocycles. The predicted octanol–water partition coefficient (Wildman–Crippen LogP) is 2.19. The van der Waals surface area contributed by atoms with Crippen LogP contribution < -0.4 is 4.90 Å². The number of hydrogen-bond donors (Lipinski definition) is 0. The molecule has 0 radical (unpaired) electrons. The maximum Gasteiger partial charge on any atom is 0.307 e. The highest BCUT2D eigenvalue weighted by Gasteiger charge is 2.21. The number of aromatic nitrogens is 1. The van der Waals surface area contributed by atoms with E-state index < -0.39 is 5.97 Å². The minimum Gasteiger partial charge on any atom is -0.460 e. The quantitative estimate of drug-likeness (QED) is 0.536. The lowest BCUT2D eigenvalue weighted by molar-refractivity contribution is -0.150. The third kappa shape index (κ3) is 5.59. The molecule has 0 spiro atoms. The summed E-state index contributed by atoms with van der Waals surface area (Å²) < 4.78 is 10.2. The molecule has 1 amide bonds. The van der Waals surface area contributed by atoms with Crippen molar-refractivity contribution in [2.24, 2.45) is 0 Å². The van der Waals surface area contributed by atoms with Gasteiger partial charge in [0.25, 0.3) is 5.91 Å². The van der Waals surface area contributed by atoms with Crippen LogP contribution in [0.5, 0.6) is 0 Å². The van der Waals surface area contributed by atoms with Crippen molar-refractivity contribution < 1.29 is 19.1 Å². The van der Waals surface area contributed by atoms with Crippen molar-refractivity contribution in [2.75, 3.05) is 25.2 Å². The number of anilines is 1. The number of carbonyl (C=O) groups is 2. The summed E-state index contributed by atoms with van der Waals surface area (Å²) in [5.41, 5.74) is 5.96. The van der Waals surface area contributed by atoms with Crippen LogP contribution in [0.4, 0.5) is 5.82 Å². The molecule has 6 nitrogen and oxygen atoms in total. The van der Waals surface area contributed by atoms with Gasteiger partial charge in [-0.05, 0) is 31.2 Å². The minimum atomic E-state index is -0.397. The summed E-state index contributed by atoms with van der Waals surface area (Å²) in [6.45, 7) is 2.23. The number of nitrogens with zero attached hydrogens (tertiary/aromatic N) is 2. The second-order valence-electron chi connectivity index (χ2n) is 5.37. The van der Waals surface area contributed by atoms with Gasteiger partial charge in [0.2, 0.25) is 0 Å². The van der Waals surface area contributed by atoms with Crippen LogP contribution in [-0.4, -0.2) is 43.2 Å². The Morgan fingerprint density at radius 3 is 2.80 bits per heavy atom. The first-order chi connectivity index (χ1) is 12.1. The first kappa shape index (κ1) is 18.4. The highest BCUT2D eigenvalue weighted by Crippen LogP contribution is 2.15. The lowest BCUT2D eigenvalue weighted by Gasteiger charge is -2.22. The Hall–Kier alpha value is -2.91. The molecule has 0 aromatic carbocycles. The van der Waals surface area contributed by atoms with Gasteiger partial charge in [-0.1, -0.05) is 17.5 Å². The molecule has 1 atom stereocenters. The van der Waals surface area contributed by atoms with E-state index in [9.17, 15) is 9.59 Å². The molecule has 1 aliphatic carbocycles. The average Bonchev–Trinajstić information content (AvgIpc) is 2.63. The van der Waals surface area contributed by atoms with Gasteiger partial charge in [0.1, 0.15) is 11.9 Å². The van der Waals surface area contributed by atoms with Crippen LogP contribution in [0.1, 0.15) is 13.3 Å². The van der Waals surface area contributed by atoms with E-state index in [0.717, 1.165) is 0 Å². The molecule has 0 bridgehead atoms. The Morgan fingerprint density at radius 1 is 1.32 bits per heavy atom. The van der Waals surface area contributed by atoms with Crippen LogP contribution in [0, 0.1) is 0 Å². The summed E-state index contributed by atoms with van der Waals surface area (Å²) in [6.07, 6.45) is 6.13. The topological polar surface area (TPSA) is 68.7 Å². The fourth-order valence-electron chi connectivity index (χ4n) is 2.22. The van der Waals surface area contributed by atoms with Crippen molar-refractivity contribution in [1.82, 2.24) is 4.98 Å². The molecule has 1 aliphatic rings. The van der Waals surface area contributed by atoms with Gasteiger partial charge in [-0.3, -0.25) is 14.5 Å². The SMILES string of the molecule is COC[C@@H](C)OC(=O)CCN(C(=O)C1=CC=C=C=C1)c1ccccn1. The molecule has 130 valence electrons. The second-order valence-corrected chi connectivity index (χ2v) is 5.37. The van der Waals surface area contributed by atoms with E-state index in [-0.39, 0.29) is 25.0 Å².